The Kier molecular flexibility index (Phi) is 5.88. The zero-order valence-corrected chi connectivity index (χ0v) is 13.5. The minimum Gasteiger partial charge on any atom is -0.384 e. The van der Waals surface area contributed by atoms with E-state index >= 15 is 0 Å². The maximum absolute atomic E-state index is 11.5. The smallest absolute Gasteiger partial charge is 0.248 e. The van der Waals surface area contributed by atoms with Crippen LogP contribution in [-0.4, -0.2) is 41.1 Å². The Balaban J connectivity index is 1.82. The lowest BCUT2D eigenvalue weighted by Crippen LogP contribution is -2.46. The third kappa shape index (κ3) is 5.15. The summed E-state index contributed by atoms with van der Waals surface area (Å²) >= 11 is 12.0. The number of hydrogen-bond acceptors (Lipinski definition) is 3. The number of nitrogens with zero attached hydrogens (tertiary/aromatic N) is 1. The van der Waals surface area contributed by atoms with Crippen molar-refractivity contribution in [3.05, 3.63) is 33.8 Å². The summed E-state index contributed by atoms with van der Waals surface area (Å²) in [6, 6.07) is 5.72. The van der Waals surface area contributed by atoms with Crippen molar-refractivity contribution in [1.82, 2.24) is 10.2 Å². The van der Waals surface area contributed by atoms with E-state index in [0.29, 0.717) is 10.0 Å². The fourth-order valence-corrected chi connectivity index (χ4v) is 3.09. The van der Waals surface area contributed by atoms with E-state index in [9.17, 15) is 9.90 Å². The molecule has 2 N–H and O–H groups in total. The van der Waals surface area contributed by atoms with Crippen molar-refractivity contribution in [2.45, 2.75) is 38.5 Å². The van der Waals surface area contributed by atoms with Crippen molar-refractivity contribution in [3.8, 4) is 0 Å². The topological polar surface area (TPSA) is 52.6 Å². The van der Waals surface area contributed by atoms with Gasteiger partial charge in [-0.25, -0.2) is 0 Å². The first-order valence-electron chi connectivity index (χ1n) is 7.10. The van der Waals surface area contributed by atoms with E-state index in [0.717, 1.165) is 38.0 Å². The highest BCUT2D eigenvalue weighted by Gasteiger charge is 2.22. The van der Waals surface area contributed by atoms with Gasteiger partial charge in [-0.05, 0) is 43.5 Å². The van der Waals surface area contributed by atoms with Crippen LogP contribution >= 0.6 is 23.2 Å². The predicted molar refractivity (Wildman–Crippen MR) is 84.6 cm³/mol. The highest BCUT2D eigenvalue weighted by molar-refractivity contribution is 6.34. The molecule has 2 rings (SSSR count). The molecule has 0 spiro atoms. The molecule has 0 saturated carbocycles. The molecule has 0 radical (unpaired) electrons. The largest absolute Gasteiger partial charge is 0.384 e. The number of nitrogens with one attached hydrogen (secondary N) is 1. The zero-order chi connectivity index (χ0) is 15.4. The summed E-state index contributed by atoms with van der Waals surface area (Å²) < 4.78 is 0. The molecule has 6 heteroatoms. The van der Waals surface area contributed by atoms with Gasteiger partial charge in [0, 0.05) is 35.7 Å². The summed E-state index contributed by atoms with van der Waals surface area (Å²) in [5, 5.41) is 13.4. The Bertz CT molecular complexity index is 480. The first kappa shape index (κ1) is 16.6. The van der Waals surface area contributed by atoms with Crippen LogP contribution in [0.1, 0.15) is 25.3 Å². The highest BCUT2D eigenvalue weighted by Crippen LogP contribution is 2.21. The van der Waals surface area contributed by atoms with Crippen molar-refractivity contribution >= 4 is 29.1 Å². The van der Waals surface area contributed by atoms with E-state index in [-0.39, 0.29) is 11.9 Å². The SMILES string of the molecule is CC(O)C(=O)NC1CCN(Cc2cc(Cl)cc(Cl)c2)CC1. The summed E-state index contributed by atoms with van der Waals surface area (Å²) in [4.78, 5) is 13.8. The lowest BCUT2D eigenvalue weighted by atomic mass is 10.0. The van der Waals surface area contributed by atoms with Crippen molar-refractivity contribution in [3.63, 3.8) is 0 Å². The first-order chi connectivity index (χ1) is 9.94. The number of amides is 1. The van der Waals surface area contributed by atoms with Crippen LogP contribution in [-0.2, 0) is 11.3 Å². The van der Waals surface area contributed by atoms with Crippen LogP contribution in [0.5, 0.6) is 0 Å². The number of halogens is 2. The quantitative estimate of drug-likeness (QED) is 0.891. The minimum atomic E-state index is -0.948. The Labute approximate surface area is 135 Å². The third-order valence-electron chi connectivity index (χ3n) is 3.64. The molecule has 21 heavy (non-hydrogen) atoms. The second-order valence-corrected chi connectivity index (χ2v) is 6.39. The molecule has 1 aliphatic rings. The van der Waals surface area contributed by atoms with E-state index < -0.39 is 6.10 Å². The van der Waals surface area contributed by atoms with Gasteiger partial charge in [0.25, 0.3) is 0 Å². The second kappa shape index (κ2) is 7.45. The lowest BCUT2D eigenvalue weighted by molar-refractivity contribution is -0.129. The van der Waals surface area contributed by atoms with E-state index in [1.807, 2.05) is 12.1 Å². The molecule has 1 aromatic rings. The lowest BCUT2D eigenvalue weighted by Gasteiger charge is -2.32. The van der Waals surface area contributed by atoms with Gasteiger partial charge in [0.1, 0.15) is 6.10 Å². The van der Waals surface area contributed by atoms with Crippen molar-refractivity contribution in [2.24, 2.45) is 0 Å². The number of rotatable bonds is 4. The fraction of sp³-hybridized carbons (Fsp3) is 0.533. The van der Waals surface area contributed by atoms with E-state index in [2.05, 4.69) is 10.2 Å². The molecule has 1 saturated heterocycles. The van der Waals surface area contributed by atoms with Gasteiger partial charge in [0.2, 0.25) is 5.91 Å². The van der Waals surface area contributed by atoms with Crippen LogP contribution in [0.15, 0.2) is 18.2 Å². The standard InChI is InChI=1S/C15H20Cl2N2O2/c1-10(20)15(21)18-14-2-4-19(5-3-14)9-11-6-12(16)8-13(17)7-11/h6-8,10,14,20H,2-5,9H2,1H3,(H,18,21). The number of likely N-dealkylation sites (tertiary alicyclic amines) is 1. The molecule has 1 fully saturated rings. The Morgan fingerprint density at radius 3 is 2.43 bits per heavy atom. The molecule has 1 unspecified atom stereocenters. The number of hydrogen-bond donors (Lipinski definition) is 2. The number of aliphatic hydroxyl groups excluding tert-OH is 1. The number of carbonyl (C=O) groups excluding carboxylic acids is 1. The zero-order valence-electron chi connectivity index (χ0n) is 12.0. The van der Waals surface area contributed by atoms with Gasteiger partial charge >= 0.3 is 0 Å². The molecule has 1 aliphatic heterocycles. The van der Waals surface area contributed by atoms with E-state index in [1.165, 1.54) is 6.92 Å². The summed E-state index contributed by atoms with van der Waals surface area (Å²) in [6.07, 6.45) is 0.816. The Hall–Kier alpha value is -0.810. The van der Waals surface area contributed by atoms with Gasteiger partial charge < -0.3 is 10.4 Å². The fourth-order valence-electron chi connectivity index (χ4n) is 2.52. The van der Waals surface area contributed by atoms with E-state index in [1.54, 1.807) is 6.07 Å². The average molecular weight is 331 g/mol. The van der Waals surface area contributed by atoms with Crippen LogP contribution < -0.4 is 5.32 Å². The molecular weight excluding hydrogens is 311 g/mol. The molecule has 4 nitrogen and oxygen atoms in total. The molecule has 0 aromatic heterocycles. The summed E-state index contributed by atoms with van der Waals surface area (Å²) in [5.41, 5.74) is 1.10. The highest BCUT2D eigenvalue weighted by atomic mass is 35.5. The average Bonchev–Trinajstić information content (AvgIpc) is 2.39. The van der Waals surface area contributed by atoms with Crippen LogP contribution in [0, 0.1) is 0 Å². The first-order valence-corrected chi connectivity index (χ1v) is 7.85. The van der Waals surface area contributed by atoms with Gasteiger partial charge in [-0.2, -0.15) is 0 Å². The third-order valence-corrected chi connectivity index (χ3v) is 4.08. The van der Waals surface area contributed by atoms with Crippen molar-refractivity contribution in [2.75, 3.05) is 13.1 Å². The van der Waals surface area contributed by atoms with Gasteiger partial charge in [0.05, 0.1) is 0 Å². The van der Waals surface area contributed by atoms with Crippen LogP contribution in [0.25, 0.3) is 0 Å². The Morgan fingerprint density at radius 2 is 1.90 bits per heavy atom. The van der Waals surface area contributed by atoms with Gasteiger partial charge in [-0.1, -0.05) is 23.2 Å². The van der Waals surface area contributed by atoms with Gasteiger partial charge in [-0.15, -0.1) is 0 Å². The number of piperidine rings is 1. The van der Waals surface area contributed by atoms with Gasteiger partial charge in [-0.3, -0.25) is 9.69 Å². The summed E-state index contributed by atoms with van der Waals surface area (Å²) in [5.74, 6) is -0.296. The predicted octanol–water partition coefficient (Wildman–Crippen LogP) is 2.45. The maximum atomic E-state index is 11.5. The molecule has 0 bridgehead atoms. The molecule has 1 heterocycles. The van der Waals surface area contributed by atoms with Gasteiger partial charge in [0.15, 0.2) is 0 Å². The number of aliphatic hydroxyl groups is 1. The second-order valence-electron chi connectivity index (χ2n) is 5.51. The molecule has 1 amide bonds. The van der Waals surface area contributed by atoms with E-state index in [4.69, 9.17) is 23.2 Å². The molecule has 116 valence electrons. The number of benzene rings is 1. The molecule has 1 atom stereocenters. The normalized spacial score (nSPS) is 18.5. The Morgan fingerprint density at radius 1 is 1.33 bits per heavy atom. The summed E-state index contributed by atoms with van der Waals surface area (Å²) in [6.45, 7) is 4.08. The molecule has 1 aromatic carbocycles. The molecular formula is C15H20Cl2N2O2. The van der Waals surface area contributed by atoms with Crippen molar-refractivity contribution in [1.29, 1.82) is 0 Å². The monoisotopic (exact) mass is 330 g/mol. The van der Waals surface area contributed by atoms with Crippen LogP contribution in [0.3, 0.4) is 0 Å². The van der Waals surface area contributed by atoms with Crippen LogP contribution in [0.2, 0.25) is 10.0 Å². The number of carbonyl (C=O) groups is 1. The van der Waals surface area contributed by atoms with Crippen LogP contribution in [0.4, 0.5) is 0 Å². The minimum absolute atomic E-state index is 0.145. The van der Waals surface area contributed by atoms with Crippen molar-refractivity contribution < 1.29 is 9.90 Å². The maximum Gasteiger partial charge on any atom is 0.248 e. The summed E-state index contributed by atoms with van der Waals surface area (Å²) in [7, 11) is 0. The molecule has 0 aliphatic carbocycles.